The Morgan fingerprint density at radius 1 is 1.15 bits per heavy atom. The minimum atomic E-state index is -0.120. The lowest BCUT2D eigenvalue weighted by Crippen LogP contribution is -2.32. The molecule has 0 atom stereocenters. The summed E-state index contributed by atoms with van der Waals surface area (Å²) < 4.78 is 1.12. The second-order valence-corrected chi connectivity index (χ2v) is 8.30. The minimum Gasteiger partial charge on any atom is -0.395 e. The summed E-state index contributed by atoms with van der Waals surface area (Å²) in [5.74, 6) is 0.589. The molecule has 3 rings (SSSR count). The number of carbonyl (C=O) groups is 2. The van der Waals surface area contributed by atoms with Gasteiger partial charge in [0.2, 0.25) is 5.91 Å². The first-order chi connectivity index (χ1) is 13.1. The largest absolute Gasteiger partial charge is 0.395 e. The predicted octanol–water partition coefficient (Wildman–Crippen LogP) is 3.25. The monoisotopic (exact) mass is 408 g/mol. The summed E-state index contributed by atoms with van der Waals surface area (Å²) in [7, 11) is 0. The topological polar surface area (TPSA) is 78.4 Å². The minimum absolute atomic E-state index is 0.00253. The van der Waals surface area contributed by atoms with Crippen molar-refractivity contribution in [3.8, 4) is 0 Å². The van der Waals surface area contributed by atoms with Crippen LogP contribution in [0.4, 0.5) is 0 Å². The molecule has 1 heterocycles. The van der Waals surface area contributed by atoms with Gasteiger partial charge in [-0.05, 0) is 54.5 Å². The van der Waals surface area contributed by atoms with E-state index in [0.717, 1.165) is 46.2 Å². The second-order valence-electron chi connectivity index (χ2n) is 6.98. The van der Waals surface area contributed by atoms with Crippen molar-refractivity contribution in [1.82, 2.24) is 10.6 Å². The van der Waals surface area contributed by atoms with E-state index in [0.29, 0.717) is 18.4 Å². The molecule has 0 saturated heterocycles. The highest BCUT2D eigenvalue weighted by molar-refractivity contribution is 7.21. The van der Waals surface area contributed by atoms with Crippen molar-refractivity contribution in [2.75, 3.05) is 25.6 Å². The standard InChI is InChI=1S/C20H25ClN2O3S/c21-11-17(25)23-12-13-5-7-14(8-6-13)18-15-3-1-2-4-16(15)27-19(18)20(26)22-9-10-24/h1-4,13-14,24H,5-12H2,(H,22,26)(H,23,25). The summed E-state index contributed by atoms with van der Waals surface area (Å²) in [6, 6.07) is 8.16. The van der Waals surface area contributed by atoms with Crippen LogP contribution >= 0.6 is 22.9 Å². The fraction of sp³-hybridized carbons (Fsp3) is 0.500. The molecule has 7 heteroatoms. The normalized spacial score (nSPS) is 19.8. The van der Waals surface area contributed by atoms with Crippen LogP contribution in [0.5, 0.6) is 0 Å². The predicted molar refractivity (Wildman–Crippen MR) is 110 cm³/mol. The third kappa shape index (κ3) is 4.81. The molecule has 27 heavy (non-hydrogen) atoms. The lowest BCUT2D eigenvalue weighted by Gasteiger charge is -2.29. The van der Waals surface area contributed by atoms with Gasteiger partial charge in [0.1, 0.15) is 5.88 Å². The number of amides is 2. The first-order valence-electron chi connectivity index (χ1n) is 9.37. The number of aliphatic hydroxyl groups excluding tert-OH is 1. The molecule has 1 aliphatic carbocycles. The zero-order chi connectivity index (χ0) is 19.2. The van der Waals surface area contributed by atoms with Crippen molar-refractivity contribution in [3.05, 3.63) is 34.7 Å². The van der Waals surface area contributed by atoms with Gasteiger partial charge >= 0.3 is 0 Å². The van der Waals surface area contributed by atoms with Gasteiger partial charge in [-0.1, -0.05) is 18.2 Å². The van der Waals surface area contributed by atoms with Gasteiger partial charge in [-0.25, -0.2) is 0 Å². The first kappa shape index (κ1) is 20.1. The number of nitrogens with one attached hydrogen (secondary N) is 2. The van der Waals surface area contributed by atoms with Crippen LogP contribution in [-0.2, 0) is 4.79 Å². The Balaban J connectivity index is 1.76. The third-order valence-electron chi connectivity index (χ3n) is 5.20. The molecule has 1 aromatic heterocycles. The zero-order valence-electron chi connectivity index (χ0n) is 15.2. The number of thiophene rings is 1. The average molecular weight is 409 g/mol. The van der Waals surface area contributed by atoms with Crippen LogP contribution in [-0.4, -0.2) is 42.5 Å². The molecule has 2 amide bonds. The van der Waals surface area contributed by atoms with E-state index in [2.05, 4.69) is 22.8 Å². The fourth-order valence-electron chi connectivity index (χ4n) is 3.85. The van der Waals surface area contributed by atoms with Crippen LogP contribution in [0.15, 0.2) is 24.3 Å². The Morgan fingerprint density at radius 3 is 2.59 bits per heavy atom. The molecule has 1 aliphatic rings. The van der Waals surface area contributed by atoms with Gasteiger partial charge in [-0.2, -0.15) is 0 Å². The Morgan fingerprint density at radius 2 is 1.89 bits per heavy atom. The third-order valence-corrected chi connectivity index (χ3v) is 6.63. The molecule has 0 spiro atoms. The highest BCUT2D eigenvalue weighted by Crippen LogP contribution is 2.43. The number of hydrogen-bond donors (Lipinski definition) is 3. The smallest absolute Gasteiger partial charge is 0.261 e. The molecule has 2 aromatic rings. The van der Waals surface area contributed by atoms with E-state index < -0.39 is 0 Å². The summed E-state index contributed by atoms with van der Waals surface area (Å²) in [5, 5.41) is 15.8. The molecule has 1 aromatic carbocycles. The molecular formula is C20H25ClN2O3S. The van der Waals surface area contributed by atoms with Crippen molar-refractivity contribution < 1.29 is 14.7 Å². The number of aliphatic hydroxyl groups is 1. The maximum Gasteiger partial charge on any atom is 0.261 e. The van der Waals surface area contributed by atoms with Crippen LogP contribution < -0.4 is 10.6 Å². The second kappa shape index (κ2) is 9.53. The summed E-state index contributed by atoms with van der Waals surface area (Å²) >= 11 is 7.06. The lowest BCUT2D eigenvalue weighted by molar-refractivity contribution is -0.118. The highest BCUT2D eigenvalue weighted by Gasteiger charge is 2.29. The van der Waals surface area contributed by atoms with E-state index in [-0.39, 0.29) is 30.8 Å². The maximum atomic E-state index is 12.6. The molecule has 1 saturated carbocycles. The number of carbonyl (C=O) groups excluding carboxylic acids is 2. The molecule has 3 N–H and O–H groups in total. The average Bonchev–Trinajstić information content (AvgIpc) is 3.10. The number of fused-ring (bicyclic) bond motifs is 1. The lowest BCUT2D eigenvalue weighted by atomic mass is 9.77. The van der Waals surface area contributed by atoms with E-state index in [1.165, 1.54) is 11.3 Å². The number of hydrogen-bond acceptors (Lipinski definition) is 4. The fourth-order valence-corrected chi connectivity index (χ4v) is 5.15. The van der Waals surface area contributed by atoms with Gasteiger partial charge in [-0.3, -0.25) is 9.59 Å². The molecule has 5 nitrogen and oxygen atoms in total. The summed E-state index contributed by atoms with van der Waals surface area (Å²) in [5.41, 5.74) is 1.15. The van der Waals surface area contributed by atoms with Crippen molar-refractivity contribution in [3.63, 3.8) is 0 Å². The zero-order valence-corrected chi connectivity index (χ0v) is 16.7. The van der Waals surface area contributed by atoms with Crippen molar-refractivity contribution in [1.29, 1.82) is 0 Å². The van der Waals surface area contributed by atoms with E-state index >= 15 is 0 Å². The molecule has 0 aliphatic heterocycles. The van der Waals surface area contributed by atoms with Gasteiger partial charge in [0.25, 0.3) is 5.91 Å². The summed E-state index contributed by atoms with van der Waals surface area (Å²) in [6.07, 6.45) is 4.05. The maximum absolute atomic E-state index is 12.6. The van der Waals surface area contributed by atoms with Gasteiger partial charge in [0.05, 0.1) is 11.5 Å². The van der Waals surface area contributed by atoms with E-state index in [4.69, 9.17) is 16.7 Å². The Bertz CT molecular complexity index is 800. The molecule has 0 radical (unpaired) electrons. The Labute approximate surface area is 168 Å². The number of alkyl halides is 1. The number of benzene rings is 1. The molecular weight excluding hydrogens is 384 g/mol. The van der Waals surface area contributed by atoms with Crippen LogP contribution in [0.2, 0.25) is 0 Å². The Hall–Kier alpha value is -1.63. The first-order valence-corrected chi connectivity index (χ1v) is 10.7. The van der Waals surface area contributed by atoms with E-state index in [1.807, 2.05) is 12.1 Å². The quantitative estimate of drug-likeness (QED) is 0.615. The number of rotatable bonds is 7. The van der Waals surface area contributed by atoms with Crippen LogP contribution in [0.3, 0.4) is 0 Å². The molecule has 1 fully saturated rings. The van der Waals surface area contributed by atoms with Crippen molar-refractivity contribution >= 4 is 44.8 Å². The van der Waals surface area contributed by atoms with Crippen molar-refractivity contribution in [2.45, 2.75) is 31.6 Å². The van der Waals surface area contributed by atoms with Gasteiger partial charge < -0.3 is 15.7 Å². The summed E-state index contributed by atoms with van der Waals surface area (Å²) in [4.78, 5) is 24.8. The van der Waals surface area contributed by atoms with Gasteiger partial charge in [0, 0.05) is 17.8 Å². The number of halogens is 1. The summed E-state index contributed by atoms with van der Waals surface area (Å²) in [6.45, 7) is 0.872. The van der Waals surface area contributed by atoms with Crippen molar-refractivity contribution in [2.24, 2.45) is 5.92 Å². The van der Waals surface area contributed by atoms with Gasteiger partial charge in [-0.15, -0.1) is 22.9 Å². The molecule has 0 bridgehead atoms. The Kier molecular flexibility index (Phi) is 7.10. The molecule has 146 valence electrons. The van der Waals surface area contributed by atoms with Gasteiger partial charge in [0.15, 0.2) is 0 Å². The SMILES string of the molecule is O=C(CCl)NCC1CCC(c2c(C(=O)NCCO)sc3ccccc23)CC1. The van der Waals surface area contributed by atoms with Crippen LogP contribution in [0, 0.1) is 5.92 Å². The van der Waals surface area contributed by atoms with E-state index in [9.17, 15) is 9.59 Å². The molecule has 0 unspecified atom stereocenters. The van der Waals surface area contributed by atoms with Crippen LogP contribution in [0.25, 0.3) is 10.1 Å². The van der Waals surface area contributed by atoms with E-state index in [1.54, 1.807) is 0 Å². The van der Waals surface area contributed by atoms with Crippen LogP contribution in [0.1, 0.15) is 46.8 Å². The highest BCUT2D eigenvalue weighted by atomic mass is 35.5.